The van der Waals surface area contributed by atoms with Crippen molar-refractivity contribution >= 4 is 16.7 Å². The fourth-order valence-corrected chi connectivity index (χ4v) is 4.57. The molecule has 0 saturated heterocycles. The average Bonchev–Trinajstić information content (AvgIpc) is 3.76. The average molecular weight is 424 g/mol. The molecule has 4 aromatic rings. The molecule has 6 heteroatoms. The Balaban J connectivity index is 1.22. The van der Waals surface area contributed by atoms with E-state index in [2.05, 4.69) is 26.7 Å². The minimum Gasteiger partial charge on any atom is -0.349 e. The minimum absolute atomic E-state index is 0.0351. The number of aromatic nitrogens is 4. The summed E-state index contributed by atoms with van der Waals surface area (Å²) >= 11 is 0. The van der Waals surface area contributed by atoms with Crippen molar-refractivity contribution in [2.24, 2.45) is 11.8 Å². The number of benzene rings is 2. The largest absolute Gasteiger partial charge is 0.349 e. The summed E-state index contributed by atoms with van der Waals surface area (Å²) in [4.78, 5) is 17.3. The van der Waals surface area contributed by atoms with E-state index in [0.717, 1.165) is 33.2 Å². The van der Waals surface area contributed by atoms with Crippen LogP contribution in [-0.4, -0.2) is 31.9 Å². The molecule has 6 nitrogen and oxygen atoms in total. The van der Waals surface area contributed by atoms with Gasteiger partial charge in [0.15, 0.2) is 0 Å². The molecule has 2 saturated carbocycles. The molecule has 0 bridgehead atoms. The molecule has 2 heterocycles. The van der Waals surface area contributed by atoms with E-state index < -0.39 is 0 Å². The number of hydrogen-bond donors (Lipinski definition) is 1. The second kappa shape index (κ2) is 7.86. The van der Waals surface area contributed by atoms with E-state index in [1.54, 1.807) is 10.9 Å². The molecular weight excluding hydrogens is 398 g/mol. The van der Waals surface area contributed by atoms with Crippen molar-refractivity contribution in [1.82, 2.24) is 25.3 Å². The normalized spacial score (nSPS) is 15.9. The Kier molecular flexibility index (Phi) is 4.71. The fourth-order valence-electron chi connectivity index (χ4n) is 4.57. The first kappa shape index (κ1) is 19.2. The smallest absolute Gasteiger partial charge is 0.251 e. The van der Waals surface area contributed by atoms with Crippen LogP contribution in [-0.2, 0) is 6.54 Å². The van der Waals surface area contributed by atoms with E-state index in [4.69, 9.17) is 0 Å². The van der Waals surface area contributed by atoms with Gasteiger partial charge in [-0.2, -0.15) is 0 Å². The summed E-state index contributed by atoms with van der Waals surface area (Å²) in [6.45, 7) is 0.506. The first-order valence-corrected chi connectivity index (χ1v) is 11.4. The van der Waals surface area contributed by atoms with E-state index in [0.29, 0.717) is 24.4 Å². The molecule has 0 spiro atoms. The number of carbonyl (C=O) groups excluding carboxylic acids is 1. The van der Waals surface area contributed by atoms with Crippen LogP contribution in [0.3, 0.4) is 0 Å². The van der Waals surface area contributed by atoms with Gasteiger partial charge in [-0.15, -0.1) is 5.10 Å². The molecule has 2 aromatic carbocycles. The molecule has 6 rings (SSSR count). The molecule has 1 amide bonds. The number of fused-ring (bicyclic) bond motifs is 1. The van der Waals surface area contributed by atoms with Crippen LogP contribution < -0.4 is 5.32 Å². The van der Waals surface area contributed by atoms with Gasteiger partial charge in [-0.25, -0.2) is 4.68 Å². The summed E-state index contributed by atoms with van der Waals surface area (Å²) in [7, 11) is 0. The van der Waals surface area contributed by atoms with Crippen molar-refractivity contribution in [3.8, 4) is 11.3 Å². The number of pyridine rings is 1. The van der Waals surface area contributed by atoms with Gasteiger partial charge < -0.3 is 5.32 Å². The Morgan fingerprint density at radius 1 is 1.03 bits per heavy atom. The summed E-state index contributed by atoms with van der Waals surface area (Å²) in [5, 5.41) is 14.3. The molecule has 2 aliphatic carbocycles. The molecule has 160 valence electrons. The zero-order valence-corrected chi connectivity index (χ0v) is 17.8. The van der Waals surface area contributed by atoms with Gasteiger partial charge in [-0.05, 0) is 66.7 Å². The third-order valence-corrected chi connectivity index (χ3v) is 6.63. The van der Waals surface area contributed by atoms with E-state index >= 15 is 0 Å². The first-order valence-electron chi connectivity index (χ1n) is 11.4. The number of amides is 1. The molecule has 0 unspecified atom stereocenters. The van der Waals surface area contributed by atoms with Crippen LogP contribution in [0.25, 0.3) is 22.0 Å². The molecular formula is C26H25N5O. The predicted molar refractivity (Wildman–Crippen MR) is 123 cm³/mol. The lowest BCUT2D eigenvalue weighted by molar-refractivity contribution is 0.0925. The lowest BCUT2D eigenvalue weighted by atomic mass is 10.0. The molecule has 2 aliphatic rings. The highest BCUT2D eigenvalue weighted by molar-refractivity contribution is 5.96. The van der Waals surface area contributed by atoms with E-state index in [9.17, 15) is 4.79 Å². The maximum atomic E-state index is 13.1. The van der Waals surface area contributed by atoms with Crippen LogP contribution in [0.2, 0.25) is 0 Å². The Hall–Kier alpha value is -3.54. The van der Waals surface area contributed by atoms with E-state index in [1.165, 1.54) is 25.7 Å². The second-order valence-corrected chi connectivity index (χ2v) is 9.07. The van der Waals surface area contributed by atoms with Gasteiger partial charge in [0.25, 0.3) is 5.91 Å². The standard InChI is InChI=1S/C26H25N5O/c32-26(28-25(17-5-6-17)18-7-8-18)23-4-2-1-3-22(23)15-31-16-24(29-30-31)20-9-10-21-14-27-12-11-19(21)13-20/h1-4,9-14,16-18,25H,5-8,15H2,(H,28,32). The predicted octanol–water partition coefficient (Wildman–Crippen LogP) is 4.46. The van der Waals surface area contributed by atoms with E-state index in [-0.39, 0.29) is 5.91 Å². The Morgan fingerprint density at radius 3 is 2.66 bits per heavy atom. The lowest BCUT2D eigenvalue weighted by Crippen LogP contribution is -2.38. The summed E-state index contributed by atoms with van der Waals surface area (Å²) in [5.41, 5.74) is 3.51. The summed E-state index contributed by atoms with van der Waals surface area (Å²) in [5.74, 6) is 1.39. The summed E-state index contributed by atoms with van der Waals surface area (Å²) in [6.07, 6.45) is 10.6. The zero-order valence-electron chi connectivity index (χ0n) is 17.8. The van der Waals surface area contributed by atoms with Gasteiger partial charge in [0.05, 0.1) is 12.7 Å². The van der Waals surface area contributed by atoms with Crippen LogP contribution in [0.5, 0.6) is 0 Å². The molecule has 1 N–H and O–H groups in total. The van der Waals surface area contributed by atoms with Gasteiger partial charge in [-0.3, -0.25) is 9.78 Å². The van der Waals surface area contributed by atoms with Gasteiger partial charge in [0, 0.05) is 34.9 Å². The Morgan fingerprint density at radius 2 is 1.84 bits per heavy atom. The van der Waals surface area contributed by atoms with Gasteiger partial charge in [0.1, 0.15) is 5.69 Å². The SMILES string of the molecule is O=C(NC(C1CC1)C1CC1)c1ccccc1Cn1cc(-c2ccc3cnccc3c2)nn1. The van der Waals surface area contributed by atoms with Crippen LogP contribution in [0.15, 0.2) is 67.1 Å². The van der Waals surface area contributed by atoms with Crippen LogP contribution >= 0.6 is 0 Å². The Bertz CT molecular complexity index is 1280. The van der Waals surface area contributed by atoms with Crippen molar-refractivity contribution in [1.29, 1.82) is 0 Å². The van der Waals surface area contributed by atoms with Gasteiger partial charge in [0.2, 0.25) is 0 Å². The second-order valence-electron chi connectivity index (χ2n) is 9.07. The van der Waals surface area contributed by atoms with Gasteiger partial charge >= 0.3 is 0 Å². The number of nitrogens with zero attached hydrogens (tertiary/aromatic N) is 4. The quantitative estimate of drug-likeness (QED) is 0.476. The number of carbonyl (C=O) groups is 1. The number of rotatable bonds is 7. The fraction of sp³-hybridized carbons (Fsp3) is 0.308. The van der Waals surface area contributed by atoms with Crippen molar-refractivity contribution < 1.29 is 4.79 Å². The van der Waals surface area contributed by atoms with Crippen LogP contribution in [0, 0.1) is 11.8 Å². The molecule has 0 aliphatic heterocycles. The molecule has 32 heavy (non-hydrogen) atoms. The third-order valence-electron chi connectivity index (χ3n) is 6.63. The molecule has 2 fully saturated rings. The van der Waals surface area contributed by atoms with Crippen molar-refractivity contribution in [3.05, 3.63) is 78.2 Å². The minimum atomic E-state index is 0.0351. The van der Waals surface area contributed by atoms with Crippen molar-refractivity contribution in [2.45, 2.75) is 38.3 Å². The van der Waals surface area contributed by atoms with Crippen molar-refractivity contribution in [3.63, 3.8) is 0 Å². The van der Waals surface area contributed by atoms with E-state index in [1.807, 2.05) is 54.9 Å². The maximum absolute atomic E-state index is 13.1. The highest BCUT2D eigenvalue weighted by atomic mass is 16.1. The molecule has 0 radical (unpaired) electrons. The maximum Gasteiger partial charge on any atom is 0.251 e. The van der Waals surface area contributed by atoms with Gasteiger partial charge in [-0.1, -0.05) is 35.5 Å². The first-order chi connectivity index (χ1) is 15.7. The summed E-state index contributed by atoms with van der Waals surface area (Å²) in [6, 6.07) is 16.3. The monoisotopic (exact) mass is 423 g/mol. The zero-order chi connectivity index (χ0) is 21.5. The van der Waals surface area contributed by atoms with Crippen LogP contribution in [0.1, 0.15) is 41.6 Å². The number of nitrogens with one attached hydrogen (secondary N) is 1. The highest BCUT2D eigenvalue weighted by Crippen LogP contribution is 2.44. The topological polar surface area (TPSA) is 72.7 Å². The third kappa shape index (κ3) is 3.88. The lowest BCUT2D eigenvalue weighted by Gasteiger charge is -2.19. The molecule has 2 aromatic heterocycles. The highest BCUT2D eigenvalue weighted by Gasteiger charge is 2.42. The Labute approximate surface area is 186 Å². The van der Waals surface area contributed by atoms with Crippen molar-refractivity contribution in [2.75, 3.05) is 0 Å². The number of hydrogen-bond acceptors (Lipinski definition) is 4. The summed E-state index contributed by atoms with van der Waals surface area (Å²) < 4.78 is 1.80. The molecule has 0 atom stereocenters. The van der Waals surface area contributed by atoms with Crippen LogP contribution in [0.4, 0.5) is 0 Å².